The molecule has 22 heavy (non-hydrogen) atoms. The SMILES string of the molecule is Cc1ccc(/C([O-])=C/C=C2C=CC=C2)cc1.[CH]1[CH][CH-]C=C1.[Fe+2]. The van der Waals surface area contributed by atoms with Crippen LogP contribution in [-0.2, 0) is 17.1 Å². The summed E-state index contributed by atoms with van der Waals surface area (Å²) in [6, 6.07) is 7.60. The van der Waals surface area contributed by atoms with Crippen LogP contribution in [0.25, 0.3) is 5.76 Å². The summed E-state index contributed by atoms with van der Waals surface area (Å²) in [6.07, 6.45) is 21.3. The van der Waals surface area contributed by atoms with E-state index in [-0.39, 0.29) is 22.8 Å². The molecule has 1 aromatic carbocycles. The van der Waals surface area contributed by atoms with E-state index in [2.05, 4.69) is 0 Å². The van der Waals surface area contributed by atoms with Gasteiger partial charge in [0.1, 0.15) is 0 Å². The van der Waals surface area contributed by atoms with Gasteiger partial charge >= 0.3 is 17.1 Å². The number of hydrogen-bond donors (Lipinski definition) is 0. The first-order chi connectivity index (χ1) is 10.3. The minimum atomic E-state index is 0. The molecule has 0 saturated heterocycles. The van der Waals surface area contributed by atoms with Crippen molar-refractivity contribution in [1.82, 2.24) is 0 Å². The van der Waals surface area contributed by atoms with Crippen molar-refractivity contribution in [3.05, 3.63) is 109 Å². The molecule has 0 aromatic heterocycles. The first-order valence-electron chi connectivity index (χ1n) is 6.93. The first kappa shape index (κ1) is 18.2. The molecular formula is C20H18FeO. The summed E-state index contributed by atoms with van der Waals surface area (Å²) in [4.78, 5) is 0. The molecule has 0 aliphatic heterocycles. The van der Waals surface area contributed by atoms with Gasteiger partial charge in [-0.25, -0.2) is 18.6 Å². The van der Waals surface area contributed by atoms with Crippen LogP contribution in [0.4, 0.5) is 0 Å². The molecular weight excluding hydrogens is 312 g/mol. The Labute approximate surface area is 143 Å². The maximum Gasteiger partial charge on any atom is 2.00 e. The van der Waals surface area contributed by atoms with E-state index in [1.54, 1.807) is 6.08 Å². The van der Waals surface area contributed by atoms with E-state index in [4.69, 9.17) is 0 Å². The molecule has 1 nitrogen and oxygen atoms in total. The van der Waals surface area contributed by atoms with Crippen LogP contribution in [0.3, 0.4) is 0 Å². The average molecular weight is 330 g/mol. The van der Waals surface area contributed by atoms with Crippen molar-refractivity contribution in [3.8, 4) is 0 Å². The molecule has 0 fully saturated rings. The van der Waals surface area contributed by atoms with Crippen LogP contribution >= 0.6 is 0 Å². The fourth-order valence-corrected chi connectivity index (χ4v) is 1.81. The van der Waals surface area contributed by atoms with Gasteiger partial charge in [0, 0.05) is 0 Å². The first-order valence-corrected chi connectivity index (χ1v) is 6.93. The van der Waals surface area contributed by atoms with Crippen molar-refractivity contribution < 1.29 is 22.2 Å². The zero-order valence-electron chi connectivity index (χ0n) is 12.4. The summed E-state index contributed by atoms with van der Waals surface area (Å²) in [5.74, 6) is 0.0428. The molecule has 0 saturated carbocycles. The maximum atomic E-state index is 11.8. The summed E-state index contributed by atoms with van der Waals surface area (Å²) >= 11 is 0. The van der Waals surface area contributed by atoms with E-state index >= 15 is 0 Å². The maximum absolute atomic E-state index is 11.8. The summed E-state index contributed by atoms with van der Waals surface area (Å²) < 4.78 is 0. The Hall–Kier alpha value is -1.89. The van der Waals surface area contributed by atoms with Crippen LogP contribution in [0.1, 0.15) is 11.1 Å². The fourth-order valence-electron chi connectivity index (χ4n) is 1.81. The van der Waals surface area contributed by atoms with Crippen LogP contribution in [0, 0.1) is 26.2 Å². The molecule has 2 aliphatic carbocycles. The summed E-state index contributed by atoms with van der Waals surface area (Å²) in [6.45, 7) is 2.01. The van der Waals surface area contributed by atoms with Crippen LogP contribution < -0.4 is 5.11 Å². The van der Waals surface area contributed by atoms with Crippen molar-refractivity contribution in [2.45, 2.75) is 6.92 Å². The quantitative estimate of drug-likeness (QED) is 0.458. The van der Waals surface area contributed by atoms with Gasteiger partial charge in [-0.1, -0.05) is 66.3 Å². The molecule has 0 N–H and O–H groups in total. The van der Waals surface area contributed by atoms with Gasteiger partial charge in [0.05, 0.1) is 0 Å². The summed E-state index contributed by atoms with van der Waals surface area (Å²) in [7, 11) is 0. The Morgan fingerprint density at radius 1 is 1.05 bits per heavy atom. The van der Waals surface area contributed by atoms with Crippen molar-refractivity contribution in [1.29, 1.82) is 0 Å². The number of benzene rings is 1. The minimum Gasteiger partial charge on any atom is -0.872 e. The summed E-state index contributed by atoms with van der Waals surface area (Å²) in [5, 5.41) is 11.8. The van der Waals surface area contributed by atoms with Crippen molar-refractivity contribution in [2.75, 3.05) is 0 Å². The normalized spacial score (nSPS) is 15.0. The van der Waals surface area contributed by atoms with E-state index in [1.807, 2.05) is 93.0 Å². The largest absolute Gasteiger partial charge is 2.00 e. The fraction of sp³-hybridized carbons (Fsp3) is 0.0500. The summed E-state index contributed by atoms with van der Waals surface area (Å²) in [5.41, 5.74) is 2.95. The van der Waals surface area contributed by atoms with Crippen LogP contribution in [0.2, 0.25) is 0 Å². The topological polar surface area (TPSA) is 23.1 Å². The van der Waals surface area contributed by atoms with Crippen LogP contribution in [0.15, 0.2) is 78.4 Å². The third-order valence-corrected chi connectivity index (χ3v) is 3.01. The van der Waals surface area contributed by atoms with E-state index in [1.165, 1.54) is 0 Å². The molecule has 0 heterocycles. The Morgan fingerprint density at radius 3 is 2.23 bits per heavy atom. The third-order valence-electron chi connectivity index (χ3n) is 3.01. The van der Waals surface area contributed by atoms with Crippen molar-refractivity contribution in [2.24, 2.45) is 0 Å². The average Bonchev–Trinajstić information content (AvgIpc) is 3.21. The molecule has 3 rings (SSSR count). The number of rotatable bonds is 2. The van der Waals surface area contributed by atoms with Crippen LogP contribution in [-0.4, -0.2) is 0 Å². The van der Waals surface area contributed by atoms with Crippen molar-refractivity contribution >= 4 is 5.76 Å². The Bertz CT molecular complexity index is 581. The number of allylic oxidation sites excluding steroid dienone is 9. The van der Waals surface area contributed by atoms with Gasteiger partial charge in [0.15, 0.2) is 0 Å². The molecule has 2 aliphatic rings. The monoisotopic (exact) mass is 330 g/mol. The second-order valence-corrected chi connectivity index (χ2v) is 4.74. The van der Waals surface area contributed by atoms with Gasteiger partial charge in [-0.05, 0) is 18.1 Å². The van der Waals surface area contributed by atoms with Gasteiger partial charge in [0.25, 0.3) is 0 Å². The third kappa shape index (κ3) is 6.26. The smallest absolute Gasteiger partial charge is 0.872 e. The van der Waals surface area contributed by atoms with Gasteiger partial charge in [-0.2, -0.15) is 0 Å². The zero-order valence-corrected chi connectivity index (χ0v) is 13.5. The molecule has 0 atom stereocenters. The molecule has 0 bridgehead atoms. The van der Waals surface area contributed by atoms with E-state index in [9.17, 15) is 5.11 Å². The standard InChI is InChI=1S/C15H14O.C5H5.Fe/c1-12-6-9-14(10-7-12)15(16)11-8-13-4-2-3-5-13;1-2-4-5-3-1;/h2-11,16H,1H3;1-5H;/q;-1;+2/p-1/b15-11-;;. The zero-order chi connectivity index (χ0) is 14.9. The van der Waals surface area contributed by atoms with Gasteiger partial charge < -0.3 is 5.11 Å². The molecule has 112 valence electrons. The van der Waals surface area contributed by atoms with Gasteiger partial charge in [-0.15, -0.1) is 18.6 Å². The molecule has 2 radical (unpaired) electrons. The molecule has 0 unspecified atom stereocenters. The van der Waals surface area contributed by atoms with E-state index in [0.717, 1.165) is 16.7 Å². The molecule has 2 heteroatoms. The van der Waals surface area contributed by atoms with Crippen LogP contribution in [0.5, 0.6) is 0 Å². The van der Waals surface area contributed by atoms with Gasteiger partial charge in [0.2, 0.25) is 0 Å². The second-order valence-electron chi connectivity index (χ2n) is 4.74. The Kier molecular flexibility index (Phi) is 8.20. The minimum absolute atomic E-state index is 0. The number of aryl methyl sites for hydroxylation is 1. The molecule has 0 spiro atoms. The number of hydrogen-bond acceptors (Lipinski definition) is 1. The Morgan fingerprint density at radius 2 is 1.73 bits per heavy atom. The molecule has 1 aromatic rings. The second kappa shape index (κ2) is 9.94. The predicted octanol–water partition coefficient (Wildman–Crippen LogP) is 3.92. The van der Waals surface area contributed by atoms with E-state index in [0.29, 0.717) is 0 Å². The van der Waals surface area contributed by atoms with Crippen molar-refractivity contribution in [3.63, 3.8) is 0 Å². The van der Waals surface area contributed by atoms with Gasteiger partial charge in [-0.3, -0.25) is 0 Å². The molecule has 0 amide bonds. The Balaban J connectivity index is 0.000000344. The van der Waals surface area contributed by atoms with E-state index < -0.39 is 0 Å². The predicted molar refractivity (Wildman–Crippen MR) is 87.6 cm³/mol.